The SMILES string of the molecule is C1CCOC1.Cc1c(F)cc(C(=O)NC2CC2)cc1-c1cc2onc(-c3ccncc3)c2cc1F.Fc1cc2c(-c3ccncc3)noc2cc1Br.NO.O=C(c1ccncc1)c1cc(F)c(Br)cc1F.ON=C(c1ccncc1)c1cc(F)c(Br)cc1F.[2H][B].[U]. The van der Waals surface area contributed by atoms with Gasteiger partial charge in [0.15, 0.2) is 16.9 Å². The van der Waals surface area contributed by atoms with E-state index in [4.69, 9.17) is 25.5 Å². The number of halogens is 10. The minimum atomic E-state index is -0.764. The number of carbonyl (C=O) groups is 2. The number of fused-ring (bicyclic) bond motifs is 2. The summed E-state index contributed by atoms with van der Waals surface area (Å²) in [6.45, 7) is 3.56. The third-order valence-corrected chi connectivity index (χ3v) is 15.0. The van der Waals surface area contributed by atoms with Crippen LogP contribution in [0.15, 0.2) is 186 Å². The fourth-order valence-corrected chi connectivity index (χ4v) is 9.42. The first-order chi connectivity index (χ1) is 44.0. The molecule has 5 N–H and O–H groups in total. The molecule has 2 aliphatic rings. The molecule has 1 amide bonds. The number of benzene rings is 5. The summed E-state index contributed by atoms with van der Waals surface area (Å²) in [6.07, 6.45) is 16.7. The number of oxime groups is 1. The topological polar surface area (TPSA) is 238 Å². The van der Waals surface area contributed by atoms with E-state index >= 15 is 4.39 Å². The van der Waals surface area contributed by atoms with Gasteiger partial charge in [0.2, 0.25) is 0 Å². The van der Waals surface area contributed by atoms with Gasteiger partial charge in [-0.1, -0.05) is 15.5 Å². The third-order valence-electron chi connectivity index (χ3n) is 13.1. The Morgan fingerprint density at radius 1 is 0.560 bits per heavy atom. The molecule has 0 bridgehead atoms. The van der Waals surface area contributed by atoms with Gasteiger partial charge in [-0.15, -0.1) is 0 Å². The minimum Gasteiger partial charge on any atom is -0.410 e. The summed E-state index contributed by atoms with van der Waals surface area (Å²) in [5.41, 5.74) is 4.73. The predicted molar refractivity (Wildman–Crippen MR) is 333 cm³/mol. The van der Waals surface area contributed by atoms with Gasteiger partial charge >= 0.3 is 0 Å². The molecule has 5 aromatic carbocycles. The zero-order valence-corrected chi connectivity index (χ0v) is 56.3. The van der Waals surface area contributed by atoms with E-state index in [0.717, 1.165) is 61.4 Å². The van der Waals surface area contributed by atoms with Crippen LogP contribution in [0.5, 0.6) is 0 Å². The van der Waals surface area contributed by atoms with Gasteiger partial charge in [0, 0.05) is 153 Å². The molecule has 1 aliphatic heterocycles. The standard InChI is InChI=1S/C23H17F2N3O2.C12H7BrF2N2O.C12H6BrF2NO.C12H6BrFN2O.C4H8O.BH.H3NO.U/c1-12-16(8-14(9-19(12)24)23(29)27-15-2-3-15)17-11-21-18(10-20(17)25)22(28-30-21)13-4-6-26-7-5-13;13-9-6-10(14)8(5-11(9)15)12(17-18)7-1-3-16-4-2-7;13-9-6-10(14)8(5-11(9)15)12(17)7-1-3-16-4-2-7;13-9-6-11-8(5-10(9)14)12(16-17-11)7-1-3-15-4-2-7;1-2-4-5-3-1;;1-2;/h4-11,15H,2-3H2,1H3,(H,27,29);1-6,18H;2*1-6H;1-4H2;1H;2H,1H2;/i;;;;;1D;;. The Hall–Kier alpha value is -7.80. The number of nitrogens with one attached hydrogen (secondary N) is 1. The summed E-state index contributed by atoms with van der Waals surface area (Å²) in [5, 5.41) is 30.5. The van der Waals surface area contributed by atoms with E-state index in [0.29, 0.717) is 48.9 Å². The monoisotopic (exact) mass is 1660 g/mol. The molecule has 13 rings (SSSR count). The van der Waals surface area contributed by atoms with Crippen molar-refractivity contribution >= 4 is 95.5 Å². The van der Waals surface area contributed by atoms with Crippen LogP contribution in [0, 0.1) is 78.8 Å². The smallest absolute Gasteiger partial charge is 0.251 e. The van der Waals surface area contributed by atoms with Gasteiger partial charge in [-0.25, -0.2) is 36.6 Å². The molecule has 6 aromatic heterocycles. The van der Waals surface area contributed by atoms with Crippen LogP contribution in [0.2, 0.25) is 0 Å². The van der Waals surface area contributed by atoms with Gasteiger partial charge < -0.3 is 29.5 Å². The van der Waals surface area contributed by atoms with Crippen molar-refractivity contribution in [2.24, 2.45) is 11.1 Å². The summed E-state index contributed by atoms with van der Waals surface area (Å²) in [7, 11) is 3.75. The van der Waals surface area contributed by atoms with Crippen molar-refractivity contribution in [1.29, 1.82) is 1.34 Å². The number of aromatic nitrogens is 6. The van der Waals surface area contributed by atoms with E-state index in [9.17, 15) is 35.9 Å². The number of nitrogens with zero attached hydrogens (tertiary/aromatic N) is 7. The van der Waals surface area contributed by atoms with Gasteiger partial charge in [-0.2, -0.15) is 0 Å². The van der Waals surface area contributed by atoms with Gasteiger partial charge in [0.05, 0.1) is 29.8 Å². The van der Waals surface area contributed by atoms with Crippen LogP contribution in [-0.2, 0) is 4.74 Å². The van der Waals surface area contributed by atoms with Gasteiger partial charge in [-0.05, 0) is 196 Å². The van der Waals surface area contributed by atoms with Crippen LogP contribution in [0.3, 0.4) is 0 Å². The van der Waals surface area contributed by atoms with Crippen LogP contribution in [0.4, 0.5) is 30.7 Å². The maximum atomic E-state index is 15.1. The Morgan fingerprint density at radius 2 is 1.00 bits per heavy atom. The Bertz CT molecular complexity index is 4300. The summed E-state index contributed by atoms with van der Waals surface area (Å²) in [6, 6.07) is 25.5. The second-order valence-electron chi connectivity index (χ2n) is 19.1. The maximum Gasteiger partial charge on any atom is 0.251 e. The van der Waals surface area contributed by atoms with Crippen LogP contribution in [0.25, 0.3) is 55.6 Å². The molecule has 1 aliphatic carbocycles. The van der Waals surface area contributed by atoms with Crippen molar-refractivity contribution < 1.29 is 95.6 Å². The molecule has 11 aromatic rings. The van der Waals surface area contributed by atoms with Crippen LogP contribution >= 0.6 is 47.8 Å². The van der Waals surface area contributed by atoms with Crippen molar-refractivity contribution in [3.05, 3.63) is 246 Å². The van der Waals surface area contributed by atoms with Gasteiger partial charge in [0.1, 0.15) is 57.8 Å². The molecule has 1 saturated heterocycles. The average molecular weight is 1670 g/mol. The van der Waals surface area contributed by atoms with E-state index in [1.807, 2.05) is 0 Å². The fraction of sp³-hybridized carbons (Fsp3) is 0.127. The molecule has 91 heavy (non-hydrogen) atoms. The zero-order valence-electron chi connectivity index (χ0n) is 48.3. The largest absolute Gasteiger partial charge is 0.410 e. The molecule has 1 saturated carbocycles. The second kappa shape index (κ2) is 34.6. The van der Waals surface area contributed by atoms with Gasteiger partial charge in [0.25, 0.3) is 5.91 Å². The van der Waals surface area contributed by atoms with Crippen LogP contribution < -0.4 is 11.2 Å². The molecule has 464 valence electrons. The quantitative estimate of drug-likeness (QED) is 0.0200. The Labute approximate surface area is 566 Å². The Kier molecular flexibility index (Phi) is 26.8. The maximum absolute atomic E-state index is 15.1. The van der Waals surface area contributed by atoms with Crippen molar-refractivity contribution in [2.75, 3.05) is 13.2 Å². The number of amides is 1. The zero-order chi connectivity index (χ0) is 65.7. The van der Waals surface area contributed by atoms with Crippen molar-refractivity contribution in [3.8, 4) is 33.6 Å². The number of hydrogen-bond donors (Lipinski definition) is 4. The number of carbonyl (C=O) groups excluding carboxylic acids is 2. The first kappa shape index (κ1) is 70.7. The third kappa shape index (κ3) is 18.7. The molecular weight excluding hydrogens is 1620 g/mol. The summed E-state index contributed by atoms with van der Waals surface area (Å²) in [5.74, 6) is -1.66. The van der Waals surface area contributed by atoms with E-state index in [2.05, 4.69) is 103 Å². The second-order valence-corrected chi connectivity index (χ2v) is 21.6. The molecule has 0 spiro atoms. The predicted octanol–water partition coefficient (Wildman–Crippen LogP) is 15.0. The number of ether oxygens (including phenoxy) is 1. The average Bonchev–Trinajstić information content (AvgIpc) is 1.53. The van der Waals surface area contributed by atoms with Crippen LogP contribution in [-0.4, -0.2) is 87.0 Å². The first-order valence-corrected chi connectivity index (χ1v) is 28.8. The molecule has 28 heteroatoms. The number of hydrogen-bond acceptors (Lipinski definition) is 15. The molecule has 0 atom stereocenters. The number of rotatable bonds is 9. The van der Waals surface area contributed by atoms with Crippen molar-refractivity contribution in [3.63, 3.8) is 0 Å². The molecule has 2 radical (unpaired) electrons. The van der Waals surface area contributed by atoms with Crippen LogP contribution in [0.1, 0.15) is 68.7 Å². The van der Waals surface area contributed by atoms with Crippen molar-refractivity contribution in [2.45, 2.75) is 38.6 Å². The number of pyridine rings is 4. The fourth-order valence-electron chi connectivity index (χ4n) is 8.47. The first-order valence-electron chi connectivity index (χ1n) is 27.0. The number of nitrogens with two attached hydrogens (primary N) is 1. The van der Waals surface area contributed by atoms with E-state index in [-0.39, 0.29) is 96.9 Å². The molecule has 16 nitrogen and oxygen atoms in total. The molecule has 0 unspecified atom stereocenters. The Balaban J connectivity index is 0.000000191. The van der Waals surface area contributed by atoms with E-state index < -0.39 is 40.7 Å². The normalized spacial score (nSPS) is 12.2. The summed E-state index contributed by atoms with van der Waals surface area (Å²) in [4.78, 5) is 39.7. The van der Waals surface area contributed by atoms with E-state index in [1.165, 1.54) is 92.2 Å². The molecular formula is C63H48BBr3F7N9O7U. The molecule has 2 fully saturated rings. The van der Waals surface area contributed by atoms with E-state index in [1.54, 1.807) is 62.0 Å². The summed E-state index contributed by atoms with van der Waals surface area (Å²) >= 11 is 8.84. The number of ketones is 1. The van der Waals surface area contributed by atoms with Gasteiger partial charge in [-0.3, -0.25) is 29.5 Å². The minimum absolute atomic E-state index is 0. The summed E-state index contributed by atoms with van der Waals surface area (Å²) < 4.78 is 118. The Morgan fingerprint density at radius 3 is 1.48 bits per heavy atom. The van der Waals surface area contributed by atoms with Crippen molar-refractivity contribution in [1.82, 2.24) is 35.6 Å². The molecule has 7 heterocycles.